The molecular formula is C23H27N3O5S. The van der Waals surface area contributed by atoms with Gasteiger partial charge in [-0.25, -0.2) is 13.4 Å². The van der Waals surface area contributed by atoms with Gasteiger partial charge in [0.2, 0.25) is 5.91 Å². The standard InChI is InChI=1S/C23H27N3O5S/c1-30-18-10-11-21(31-2)16(12-18)13-25(17-8-9-17)23(27)14-26-20-7-5-4-6-19(20)24-22(26)15-32(3,28)29/h4-7,10-12,17H,8-9,13-15H2,1-3H3. The molecule has 0 saturated heterocycles. The number of nitrogens with zero attached hydrogens (tertiary/aromatic N) is 3. The van der Waals surface area contributed by atoms with Gasteiger partial charge in [0.1, 0.15) is 29.6 Å². The monoisotopic (exact) mass is 457 g/mol. The van der Waals surface area contributed by atoms with E-state index in [1.165, 1.54) is 6.26 Å². The van der Waals surface area contributed by atoms with Crippen molar-refractivity contribution in [3.8, 4) is 11.5 Å². The first-order valence-corrected chi connectivity index (χ1v) is 12.5. The number of rotatable bonds is 9. The molecule has 3 aromatic rings. The van der Waals surface area contributed by atoms with Gasteiger partial charge in [-0.2, -0.15) is 0 Å². The molecule has 1 heterocycles. The molecule has 0 unspecified atom stereocenters. The minimum atomic E-state index is -3.31. The highest BCUT2D eigenvalue weighted by atomic mass is 32.2. The van der Waals surface area contributed by atoms with Crippen LogP contribution in [0.5, 0.6) is 11.5 Å². The molecular weight excluding hydrogens is 430 g/mol. The average Bonchev–Trinajstić information content (AvgIpc) is 3.54. The number of carbonyl (C=O) groups excluding carboxylic acids is 1. The molecule has 1 aliphatic carbocycles. The molecule has 1 amide bonds. The van der Waals surface area contributed by atoms with Crippen LogP contribution in [0.4, 0.5) is 0 Å². The van der Waals surface area contributed by atoms with Crippen LogP contribution in [0.3, 0.4) is 0 Å². The first-order chi connectivity index (χ1) is 15.3. The van der Waals surface area contributed by atoms with E-state index < -0.39 is 9.84 Å². The molecule has 0 aliphatic heterocycles. The van der Waals surface area contributed by atoms with Crippen LogP contribution in [-0.2, 0) is 33.5 Å². The molecule has 0 radical (unpaired) electrons. The summed E-state index contributed by atoms with van der Waals surface area (Å²) in [7, 11) is -0.110. The van der Waals surface area contributed by atoms with Crippen LogP contribution >= 0.6 is 0 Å². The number of para-hydroxylation sites is 2. The Labute approximate surface area is 187 Å². The molecule has 0 bridgehead atoms. The number of carbonyl (C=O) groups is 1. The van der Waals surface area contributed by atoms with Crippen molar-refractivity contribution in [1.29, 1.82) is 0 Å². The summed E-state index contributed by atoms with van der Waals surface area (Å²) in [6.45, 7) is 0.409. The van der Waals surface area contributed by atoms with Gasteiger partial charge in [0.25, 0.3) is 0 Å². The first kappa shape index (κ1) is 22.1. The third kappa shape index (κ3) is 4.88. The number of sulfone groups is 1. The Bertz CT molecular complexity index is 1250. The topological polar surface area (TPSA) is 90.7 Å². The molecule has 1 saturated carbocycles. The molecule has 8 nitrogen and oxygen atoms in total. The maximum atomic E-state index is 13.5. The highest BCUT2D eigenvalue weighted by Crippen LogP contribution is 2.32. The Morgan fingerprint density at radius 3 is 2.56 bits per heavy atom. The fraction of sp³-hybridized carbons (Fsp3) is 0.391. The first-order valence-electron chi connectivity index (χ1n) is 10.4. The molecule has 0 atom stereocenters. The summed E-state index contributed by atoms with van der Waals surface area (Å²) >= 11 is 0. The lowest BCUT2D eigenvalue weighted by molar-refractivity contribution is -0.133. The van der Waals surface area contributed by atoms with Gasteiger partial charge in [-0.1, -0.05) is 12.1 Å². The number of aromatic nitrogens is 2. The number of hydrogen-bond acceptors (Lipinski definition) is 6. The van der Waals surface area contributed by atoms with Gasteiger partial charge in [-0.15, -0.1) is 0 Å². The Morgan fingerprint density at radius 1 is 1.16 bits per heavy atom. The predicted molar refractivity (Wildman–Crippen MR) is 121 cm³/mol. The Morgan fingerprint density at radius 2 is 1.91 bits per heavy atom. The number of fused-ring (bicyclic) bond motifs is 1. The van der Waals surface area contributed by atoms with Crippen molar-refractivity contribution in [2.75, 3.05) is 20.5 Å². The highest BCUT2D eigenvalue weighted by molar-refractivity contribution is 7.89. The summed E-state index contributed by atoms with van der Waals surface area (Å²) in [5.41, 5.74) is 2.28. The van der Waals surface area contributed by atoms with E-state index in [9.17, 15) is 13.2 Å². The Balaban J connectivity index is 1.65. The van der Waals surface area contributed by atoms with Crippen molar-refractivity contribution in [3.63, 3.8) is 0 Å². The molecule has 9 heteroatoms. The molecule has 0 N–H and O–H groups in total. The van der Waals surface area contributed by atoms with Crippen molar-refractivity contribution in [1.82, 2.24) is 14.5 Å². The maximum absolute atomic E-state index is 13.5. The lowest BCUT2D eigenvalue weighted by Gasteiger charge is -2.24. The van der Waals surface area contributed by atoms with Crippen LogP contribution in [0.25, 0.3) is 11.0 Å². The van der Waals surface area contributed by atoms with Crippen LogP contribution < -0.4 is 9.47 Å². The van der Waals surface area contributed by atoms with E-state index in [1.807, 2.05) is 47.4 Å². The summed E-state index contributed by atoms with van der Waals surface area (Å²) in [5, 5.41) is 0. The van der Waals surface area contributed by atoms with E-state index in [4.69, 9.17) is 9.47 Å². The van der Waals surface area contributed by atoms with Gasteiger partial charge in [0.05, 0.1) is 25.3 Å². The SMILES string of the molecule is COc1ccc(OC)c(CN(C(=O)Cn2c(CS(C)(=O)=O)nc3ccccc32)C2CC2)c1. The lowest BCUT2D eigenvalue weighted by atomic mass is 10.1. The molecule has 0 spiro atoms. The van der Waals surface area contributed by atoms with Crippen LogP contribution in [0.1, 0.15) is 24.2 Å². The second-order valence-electron chi connectivity index (χ2n) is 8.10. The summed E-state index contributed by atoms with van der Waals surface area (Å²) in [6, 6.07) is 13.1. The van der Waals surface area contributed by atoms with Gasteiger partial charge < -0.3 is 18.9 Å². The third-order valence-corrected chi connectivity index (χ3v) is 6.34. The zero-order valence-corrected chi connectivity index (χ0v) is 19.3. The van der Waals surface area contributed by atoms with Crippen molar-refractivity contribution in [3.05, 3.63) is 53.9 Å². The van der Waals surface area contributed by atoms with Crippen molar-refractivity contribution >= 4 is 26.8 Å². The van der Waals surface area contributed by atoms with Crippen LogP contribution in [0.2, 0.25) is 0 Å². The lowest BCUT2D eigenvalue weighted by Crippen LogP contribution is -2.35. The molecule has 1 aliphatic rings. The minimum Gasteiger partial charge on any atom is -0.497 e. The third-order valence-electron chi connectivity index (χ3n) is 5.55. The average molecular weight is 458 g/mol. The summed E-state index contributed by atoms with van der Waals surface area (Å²) < 4.78 is 36.5. The largest absolute Gasteiger partial charge is 0.497 e. The number of imidazole rings is 1. The number of hydrogen-bond donors (Lipinski definition) is 0. The molecule has 1 fully saturated rings. The van der Waals surface area contributed by atoms with Crippen molar-refractivity contribution < 1.29 is 22.7 Å². The van der Waals surface area contributed by atoms with Crippen LogP contribution in [-0.4, -0.2) is 55.3 Å². The van der Waals surface area contributed by atoms with Gasteiger partial charge >= 0.3 is 0 Å². The quantitative estimate of drug-likeness (QED) is 0.491. The number of amides is 1. The molecule has 170 valence electrons. The molecule has 32 heavy (non-hydrogen) atoms. The van der Waals surface area contributed by atoms with Crippen molar-refractivity contribution in [2.45, 2.75) is 37.7 Å². The summed E-state index contributed by atoms with van der Waals surface area (Å²) in [5.74, 6) is 1.45. The normalized spacial score (nSPS) is 13.8. The second kappa shape index (κ2) is 8.82. The van der Waals surface area contributed by atoms with E-state index in [2.05, 4.69) is 4.98 Å². The Hall–Kier alpha value is -3.07. The zero-order valence-electron chi connectivity index (χ0n) is 18.4. The number of benzene rings is 2. The van der Waals surface area contributed by atoms with E-state index >= 15 is 0 Å². The number of ether oxygens (including phenoxy) is 2. The van der Waals surface area contributed by atoms with Gasteiger partial charge in [0, 0.05) is 24.4 Å². The second-order valence-corrected chi connectivity index (χ2v) is 10.2. The highest BCUT2D eigenvalue weighted by Gasteiger charge is 2.33. The smallest absolute Gasteiger partial charge is 0.243 e. The van der Waals surface area contributed by atoms with E-state index in [0.717, 1.165) is 23.9 Å². The summed E-state index contributed by atoms with van der Waals surface area (Å²) in [4.78, 5) is 19.8. The van der Waals surface area contributed by atoms with Crippen LogP contribution in [0.15, 0.2) is 42.5 Å². The number of methoxy groups -OCH3 is 2. The summed E-state index contributed by atoms with van der Waals surface area (Å²) in [6.07, 6.45) is 3.06. The van der Waals surface area contributed by atoms with Gasteiger partial charge in [-0.05, 0) is 43.2 Å². The fourth-order valence-electron chi connectivity index (χ4n) is 3.87. The van der Waals surface area contributed by atoms with Crippen molar-refractivity contribution in [2.24, 2.45) is 0 Å². The molecule has 1 aromatic heterocycles. The molecule has 4 rings (SSSR count). The molecule has 2 aromatic carbocycles. The fourth-order valence-corrected chi connectivity index (χ4v) is 4.56. The maximum Gasteiger partial charge on any atom is 0.243 e. The van der Waals surface area contributed by atoms with E-state index in [1.54, 1.807) is 18.8 Å². The zero-order chi connectivity index (χ0) is 22.9. The van der Waals surface area contributed by atoms with E-state index in [0.29, 0.717) is 29.4 Å². The minimum absolute atomic E-state index is 0.0220. The predicted octanol–water partition coefficient (Wildman–Crippen LogP) is 2.79. The van der Waals surface area contributed by atoms with Crippen LogP contribution in [0, 0.1) is 0 Å². The van der Waals surface area contributed by atoms with E-state index in [-0.39, 0.29) is 24.2 Å². The van der Waals surface area contributed by atoms with Gasteiger partial charge in [0.15, 0.2) is 9.84 Å². The van der Waals surface area contributed by atoms with Gasteiger partial charge in [-0.3, -0.25) is 4.79 Å². The Kier molecular flexibility index (Phi) is 6.10.